The van der Waals surface area contributed by atoms with Gasteiger partial charge in [-0.2, -0.15) is 11.8 Å². The van der Waals surface area contributed by atoms with Crippen LogP contribution in [0.25, 0.3) is 0 Å². The summed E-state index contributed by atoms with van der Waals surface area (Å²) in [4.78, 5) is 0. The molecule has 0 spiro atoms. The summed E-state index contributed by atoms with van der Waals surface area (Å²) in [5.74, 6) is 2.20. The lowest BCUT2D eigenvalue weighted by Crippen LogP contribution is -2.49. The predicted molar refractivity (Wildman–Crippen MR) is 89.4 cm³/mol. The molecule has 3 heteroatoms. The van der Waals surface area contributed by atoms with Crippen LogP contribution in [0.1, 0.15) is 71.6 Å². The van der Waals surface area contributed by atoms with Crippen LogP contribution in [0.3, 0.4) is 0 Å². The van der Waals surface area contributed by atoms with Crippen molar-refractivity contribution in [2.75, 3.05) is 12.4 Å². The van der Waals surface area contributed by atoms with E-state index in [9.17, 15) is 5.11 Å². The first kappa shape index (κ1) is 16.6. The highest BCUT2D eigenvalue weighted by molar-refractivity contribution is 7.99. The van der Waals surface area contributed by atoms with Crippen LogP contribution in [0.5, 0.6) is 0 Å². The van der Waals surface area contributed by atoms with Gasteiger partial charge in [0.25, 0.3) is 0 Å². The zero-order valence-electron chi connectivity index (χ0n) is 13.4. The molecule has 3 atom stereocenters. The number of thioether (sulfide) groups is 1. The summed E-state index contributed by atoms with van der Waals surface area (Å²) >= 11 is 2.19. The van der Waals surface area contributed by atoms with Crippen LogP contribution in [0.2, 0.25) is 0 Å². The second-order valence-electron chi connectivity index (χ2n) is 7.08. The van der Waals surface area contributed by atoms with Crippen LogP contribution < -0.4 is 5.32 Å². The fourth-order valence-corrected chi connectivity index (χ4v) is 4.88. The minimum Gasteiger partial charge on any atom is -0.394 e. The van der Waals surface area contributed by atoms with Gasteiger partial charge >= 0.3 is 0 Å². The van der Waals surface area contributed by atoms with Gasteiger partial charge in [0.05, 0.1) is 6.61 Å². The van der Waals surface area contributed by atoms with E-state index in [2.05, 4.69) is 30.9 Å². The number of nitrogens with one attached hydrogen (secondary N) is 1. The molecule has 118 valence electrons. The molecule has 3 unspecified atom stereocenters. The van der Waals surface area contributed by atoms with Gasteiger partial charge in [0.1, 0.15) is 0 Å². The molecule has 0 bridgehead atoms. The predicted octanol–water partition coefficient (Wildman–Crippen LogP) is 3.97. The Morgan fingerprint density at radius 3 is 2.65 bits per heavy atom. The van der Waals surface area contributed by atoms with E-state index in [4.69, 9.17) is 0 Å². The summed E-state index contributed by atoms with van der Waals surface area (Å²) in [7, 11) is 0. The van der Waals surface area contributed by atoms with Crippen molar-refractivity contribution in [3.63, 3.8) is 0 Å². The molecule has 0 heterocycles. The molecule has 2 aliphatic carbocycles. The molecule has 0 aromatic carbocycles. The van der Waals surface area contributed by atoms with E-state index in [0.29, 0.717) is 12.6 Å². The SMILES string of the molecule is CCC(CO)(CCCSC1CCCC(C)C1)NC1CC1. The Balaban J connectivity index is 1.64. The van der Waals surface area contributed by atoms with Gasteiger partial charge in [-0.1, -0.05) is 26.7 Å². The van der Waals surface area contributed by atoms with E-state index in [1.54, 1.807) is 0 Å². The molecule has 0 radical (unpaired) electrons. The van der Waals surface area contributed by atoms with Crippen molar-refractivity contribution in [3.8, 4) is 0 Å². The third kappa shape index (κ3) is 5.23. The molecule has 0 aliphatic heterocycles. The standard InChI is InChI=1S/C17H33NOS/c1-3-17(13-19,18-15-8-9-15)10-5-11-20-16-7-4-6-14(2)12-16/h14-16,18-19H,3-13H2,1-2H3. The van der Waals surface area contributed by atoms with Gasteiger partial charge < -0.3 is 10.4 Å². The molecule has 2 fully saturated rings. The zero-order valence-corrected chi connectivity index (χ0v) is 14.2. The average Bonchev–Trinajstić information content (AvgIpc) is 3.26. The van der Waals surface area contributed by atoms with Gasteiger partial charge in [-0.05, 0) is 56.6 Å². The van der Waals surface area contributed by atoms with Crippen LogP contribution in [-0.2, 0) is 0 Å². The summed E-state index contributed by atoms with van der Waals surface area (Å²) in [6, 6.07) is 0.689. The van der Waals surface area contributed by atoms with Gasteiger partial charge in [0, 0.05) is 16.8 Å². The number of hydrogen-bond acceptors (Lipinski definition) is 3. The lowest BCUT2D eigenvalue weighted by molar-refractivity contribution is 0.144. The summed E-state index contributed by atoms with van der Waals surface area (Å²) in [5, 5.41) is 14.4. The third-order valence-corrected chi connectivity index (χ3v) is 6.53. The quantitative estimate of drug-likeness (QED) is 0.632. The number of hydrogen-bond donors (Lipinski definition) is 2. The molecular formula is C17H33NOS. The van der Waals surface area contributed by atoms with Crippen molar-refractivity contribution in [3.05, 3.63) is 0 Å². The van der Waals surface area contributed by atoms with Crippen LogP contribution in [0.4, 0.5) is 0 Å². The Kier molecular flexibility index (Phi) is 6.70. The van der Waals surface area contributed by atoms with E-state index < -0.39 is 0 Å². The Labute approximate surface area is 129 Å². The summed E-state index contributed by atoms with van der Waals surface area (Å²) < 4.78 is 0. The first-order chi connectivity index (χ1) is 9.67. The maximum absolute atomic E-state index is 9.77. The third-order valence-electron chi connectivity index (χ3n) is 5.11. The highest BCUT2D eigenvalue weighted by Gasteiger charge is 2.33. The van der Waals surface area contributed by atoms with Crippen molar-refractivity contribution in [2.24, 2.45) is 5.92 Å². The molecule has 2 aliphatic rings. The van der Waals surface area contributed by atoms with E-state index in [-0.39, 0.29) is 5.54 Å². The largest absolute Gasteiger partial charge is 0.394 e. The van der Waals surface area contributed by atoms with Gasteiger partial charge in [-0.15, -0.1) is 0 Å². The molecule has 0 aromatic rings. The van der Waals surface area contributed by atoms with Crippen molar-refractivity contribution in [1.82, 2.24) is 5.32 Å². The second kappa shape index (κ2) is 8.05. The molecule has 2 saturated carbocycles. The van der Waals surface area contributed by atoms with E-state index in [1.807, 2.05) is 0 Å². The number of rotatable bonds is 9. The van der Waals surface area contributed by atoms with Gasteiger partial charge in [-0.3, -0.25) is 0 Å². The van der Waals surface area contributed by atoms with Crippen molar-refractivity contribution in [2.45, 2.75) is 88.5 Å². The zero-order chi connectivity index (χ0) is 14.4. The fourth-order valence-electron chi connectivity index (χ4n) is 3.44. The van der Waals surface area contributed by atoms with Crippen molar-refractivity contribution < 1.29 is 5.11 Å². The summed E-state index contributed by atoms with van der Waals surface area (Å²) in [6.45, 7) is 4.91. The van der Waals surface area contributed by atoms with E-state index in [0.717, 1.165) is 24.0 Å². The maximum atomic E-state index is 9.77. The Hall–Kier alpha value is 0.270. The molecule has 2 N–H and O–H groups in total. The van der Waals surface area contributed by atoms with Crippen molar-refractivity contribution >= 4 is 11.8 Å². The number of aliphatic hydroxyl groups excluding tert-OH is 1. The van der Waals surface area contributed by atoms with E-state index in [1.165, 1.54) is 50.7 Å². The molecule has 0 aromatic heterocycles. The highest BCUT2D eigenvalue weighted by atomic mass is 32.2. The van der Waals surface area contributed by atoms with Crippen LogP contribution >= 0.6 is 11.8 Å². The van der Waals surface area contributed by atoms with E-state index >= 15 is 0 Å². The Morgan fingerprint density at radius 1 is 1.25 bits per heavy atom. The average molecular weight is 300 g/mol. The maximum Gasteiger partial charge on any atom is 0.0613 e. The monoisotopic (exact) mass is 299 g/mol. The Morgan fingerprint density at radius 2 is 2.05 bits per heavy atom. The smallest absolute Gasteiger partial charge is 0.0613 e. The molecule has 20 heavy (non-hydrogen) atoms. The van der Waals surface area contributed by atoms with Gasteiger partial charge in [0.15, 0.2) is 0 Å². The highest BCUT2D eigenvalue weighted by Crippen LogP contribution is 2.33. The lowest BCUT2D eigenvalue weighted by Gasteiger charge is -2.33. The van der Waals surface area contributed by atoms with Crippen LogP contribution in [-0.4, -0.2) is 34.3 Å². The molecular weight excluding hydrogens is 266 g/mol. The minimum atomic E-state index is 0.00157. The molecule has 2 rings (SSSR count). The number of aliphatic hydroxyl groups is 1. The summed E-state index contributed by atoms with van der Waals surface area (Å²) in [6.07, 6.45) is 11.7. The van der Waals surface area contributed by atoms with Crippen LogP contribution in [0, 0.1) is 5.92 Å². The Bertz CT molecular complexity index is 276. The minimum absolute atomic E-state index is 0.00157. The molecule has 0 amide bonds. The first-order valence-electron chi connectivity index (χ1n) is 8.67. The van der Waals surface area contributed by atoms with Crippen LogP contribution in [0.15, 0.2) is 0 Å². The fraction of sp³-hybridized carbons (Fsp3) is 1.00. The summed E-state index contributed by atoms with van der Waals surface area (Å²) in [5.41, 5.74) is 0.00157. The second-order valence-corrected chi connectivity index (χ2v) is 8.49. The van der Waals surface area contributed by atoms with Gasteiger partial charge in [-0.25, -0.2) is 0 Å². The topological polar surface area (TPSA) is 32.3 Å². The van der Waals surface area contributed by atoms with Crippen molar-refractivity contribution in [1.29, 1.82) is 0 Å². The molecule has 0 saturated heterocycles. The molecule has 2 nitrogen and oxygen atoms in total. The lowest BCUT2D eigenvalue weighted by atomic mass is 9.90. The normalized spacial score (nSPS) is 30.1. The van der Waals surface area contributed by atoms with Gasteiger partial charge in [0.2, 0.25) is 0 Å². The first-order valence-corrected chi connectivity index (χ1v) is 9.72.